The molecule has 0 radical (unpaired) electrons. The van der Waals surface area contributed by atoms with Crippen LogP contribution in [-0.4, -0.2) is 10.1 Å². The molecular formula is C15H17FN2O. The summed E-state index contributed by atoms with van der Waals surface area (Å²) in [6.45, 7) is 2.01. The third-order valence-electron chi connectivity index (χ3n) is 3.03. The molecule has 4 heteroatoms. The molecule has 1 aromatic carbocycles. The van der Waals surface area contributed by atoms with Crippen LogP contribution in [0.3, 0.4) is 0 Å². The standard InChI is InChI=1S/C15H17FN2O/c1-2-13(15-8-7-12(16)9-17-15)18-14-6-4-3-5-11(14)10-19/h3-9,13,18-19H,2,10H2,1H3. The molecule has 3 nitrogen and oxygen atoms in total. The Morgan fingerprint density at radius 2 is 2.05 bits per heavy atom. The number of nitrogens with one attached hydrogen (secondary N) is 1. The highest BCUT2D eigenvalue weighted by Crippen LogP contribution is 2.23. The molecule has 2 N–H and O–H groups in total. The van der Waals surface area contributed by atoms with Gasteiger partial charge >= 0.3 is 0 Å². The van der Waals surface area contributed by atoms with E-state index in [4.69, 9.17) is 0 Å². The second-order valence-corrected chi connectivity index (χ2v) is 4.32. The number of aliphatic hydroxyl groups is 1. The van der Waals surface area contributed by atoms with Gasteiger partial charge in [-0.2, -0.15) is 0 Å². The highest BCUT2D eigenvalue weighted by atomic mass is 19.1. The van der Waals surface area contributed by atoms with Crippen molar-refractivity contribution in [1.29, 1.82) is 0 Å². The minimum atomic E-state index is -0.339. The van der Waals surface area contributed by atoms with E-state index in [0.29, 0.717) is 0 Å². The van der Waals surface area contributed by atoms with Gasteiger partial charge in [-0.3, -0.25) is 4.98 Å². The highest BCUT2D eigenvalue weighted by Gasteiger charge is 2.12. The van der Waals surface area contributed by atoms with Crippen LogP contribution in [0.1, 0.15) is 30.6 Å². The van der Waals surface area contributed by atoms with Crippen molar-refractivity contribution >= 4 is 5.69 Å². The van der Waals surface area contributed by atoms with E-state index in [-0.39, 0.29) is 18.5 Å². The molecule has 19 heavy (non-hydrogen) atoms. The van der Waals surface area contributed by atoms with Gasteiger partial charge in [-0.25, -0.2) is 4.39 Å². The Morgan fingerprint density at radius 1 is 1.26 bits per heavy atom. The normalized spacial score (nSPS) is 12.2. The van der Waals surface area contributed by atoms with Gasteiger partial charge in [-0.1, -0.05) is 25.1 Å². The topological polar surface area (TPSA) is 45.1 Å². The maximum Gasteiger partial charge on any atom is 0.141 e. The van der Waals surface area contributed by atoms with E-state index in [1.54, 1.807) is 6.07 Å². The molecule has 2 rings (SSSR count). The first-order valence-corrected chi connectivity index (χ1v) is 6.31. The molecule has 2 aromatic rings. The fraction of sp³-hybridized carbons (Fsp3) is 0.267. The van der Waals surface area contributed by atoms with Crippen molar-refractivity contribution in [1.82, 2.24) is 4.98 Å². The van der Waals surface area contributed by atoms with Crippen LogP contribution in [0, 0.1) is 5.82 Å². The van der Waals surface area contributed by atoms with Gasteiger partial charge in [-0.05, 0) is 24.6 Å². The van der Waals surface area contributed by atoms with Crippen molar-refractivity contribution in [2.24, 2.45) is 0 Å². The summed E-state index contributed by atoms with van der Waals surface area (Å²) in [6, 6.07) is 10.7. The number of benzene rings is 1. The van der Waals surface area contributed by atoms with Gasteiger partial charge in [0.1, 0.15) is 5.82 Å². The number of aromatic nitrogens is 1. The Morgan fingerprint density at radius 3 is 2.68 bits per heavy atom. The Bertz CT molecular complexity index is 528. The zero-order valence-electron chi connectivity index (χ0n) is 10.8. The second kappa shape index (κ2) is 6.29. The summed E-state index contributed by atoms with van der Waals surface area (Å²) in [5.41, 5.74) is 2.50. The van der Waals surface area contributed by atoms with Crippen LogP contribution in [-0.2, 0) is 6.61 Å². The van der Waals surface area contributed by atoms with Crippen molar-refractivity contribution in [3.63, 3.8) is 0 Å². The summed E-state index contributed by atoms with van der Waals surface area (Å²) in [6.07, 6.45) is 2.04. The lowest BCUT2D eigenvalue weighted by Gasteiger charge is -2.19. The number of anilines is 1. The molecule has 1 unspecified atom stereocenters. The van der Waals surface area contributed by atoms with Crippen LogP contribution in [0.15, 0.2) is 42.6 Å². The Balaban J connectivity index is 2.21. The van der Waals surface area contributed by atoms with Gasteiger partial charge in [0.05, 0.1) is 24.5 Å². The van der Waals surface area contributed by atoms with Crippen LogP contribution in [0.25, 0.3) is 0 Å². The number of hydrogen-bond acceptors (Lipinski definition) is 3. The monoisotopic (exact) mass is 260 g/mol. The van der Waals surface area contributed by atoms with Crippen LogP contribution in [0.5, 0.6) is 0 Å². The summed E-state index contributed by atoms with van der Waals surface area (Å²) in [7, 11) is 0. The third kappa shape index (κ3) is 3.29. The molecule has 1 atom stereocenters. The van der Waals surface area contributed by atoms with E-state index in [1.165, 1.54) is 12.3 Å². The average molecular weight is 260 g/mol. The number of pyridine rings is 1. The van der Waals surface area contributed by atoms with E-state index in [0.717, 1.165) is 23.4 Å². The number of rotatable bonds is 5. The van der Waals surface area contributed by atoms with Gasteiger partial charge in [0.15, 0.2) is 0 Å². The first-order valence-electron chi connectivity index (χ1n) is 6.31. The summed E-state index contributed by atoms with van der Waals surface area (Å²) in [5.74, 6) is -0.339. The molecule has 0 aliphatic carbocycles. The second-order valence-electron chi connectivity index (χ2n) is 4.32. The Hall–Kier alpha value is -1.94. The molecule has 1 aromatic heterocycles. The lowest BCUT2D eigenvalue weighted by Crippen LogP contribution is -2.12. The molecule has 0 bridgehead atoms. The SMILES string of the molecule is CCC(Nc1ccccc1CO)c1ccc(F)cn1. The number of para-hydroxylation sites is 1. The molecular weight excluding hydrogens is 243 g/mol. The van der Waals surface area contributed by atoms with Crippen molar-refractivity contribution < 1.29 is 9.50 Å². The van der Waals surface area contributed by atoms with E-state index in [2.05, 4.69) is 10.3 Å². The van der Waals surface area contributed by atoms with Gasteiger partial charge in [-0.15, -0.1) is 0 Å². The van der Waals surface area contributed by atoms with Gasteiger partial charge in [0.25, 0.3) is 0 Å². The predicted molar refractivity (Wildman–Crippen MR) is 73.2 cm³/mol. The minimum Gasteiger partial charge on any atom is -0.392 e. The molecule has 1 heterocycles. The fourth-order valence-electron chi connectivity index (χ4n) is 1.97. The van der Waals surface area contributed by atoms with Crippen molar-refractivity contribution in [3.05, 3.63) is 59.7 Å². The lowest BCUT2D eigenvalue weighted by molar-refractivity contribution is 0.282. The zero-order valence-corrected chi connectivity index (χ0v) is 10.8. The molecule has 0 fully saturated rings. The summed E-state index contributed by atoms with van der Waals surface area (Å²) in [4.78, 5) is 4.10. The van der Waals surface area contributed by atoms with Crippen LogP contribution < -0.4 is 5.32 Å². The van der Waals surface area contributed by atoms with Crippen LogP contribution in [0.4, 0.5) is 10.1 Å². The number of nitrogens with zero attached hydrogens (tertiary/aromatic N) is 1. The lowest BCUT2D eigenvalue weighted by atomic mass is 10.1. The molecule has 100 valence electrons. The van der Waals surface area contributed by atoms with Gasteiger partial charge in [0.2, 0.25) is 0 Å². The number of aliphatic hydroxyl groups excluding tert-OH is 1. The number of halogens is 1. The summed E-state index contributed by atoms with van der Waals surface area (Å²) in [5, 5.41) is 12.6. The maximum atomic E-state index is 12.9. The van der Waals surface area contributed by atoms with Crippen LogP contribution >= 0.6 is 0 Å². The number of hydrogen-bond donors (Lipinski definition) is 2. The van der Waals surface area contributed by atoms with E-state index in [9.17, 15) is 9.50 Å². The molecule has 0 aliphatic rings. The van der Waals surface area contributed by atoms with E-state index >= 15 is 0 Å². The fourth-order valence-corrected chi connectivity index (χ4v) is 1.97. The average Bonchev–Trinajstić information content (AvgIpc) is 2.46. The van der Waals surface area contributed by atoms with Crippen molar-refractivity contribution in [2.75, 3.05) is 5.32 Å². The quantitative estimate of drug-likeness (QED) is 0.867. The minimum absolute atomic E-state index is 0.00620. The highest BCUT2D eigenvalue weighted by molar-refractivity contribution is 5.52. The predicted octanol–water partition coefficient (Wildman–Crippen LogP) is 3.28. The van der Waals surface area contributed by atoms with Crippen molar-refractivity contribution in [2.45, 2.75) is 26.0 Å². The van der Waals surface area contributed by atoms with E-state index in [1.807, 2.05) is 31.2 Å². The first-order chi connectivity index (χ1) is 9.24. The first kappa shape index (κ1) is 13.5. The van der Waals surface area contributed by atoms with Crippen LogP contribution in [0.2, 0.25) is 0 Å². The summed E-state index contributed by atoms with van der Waals surface area (Å²) < 4.78 is 12.9. The Kier molecular flexibility index (Phi) is 4.47. The smallest absolute Gasteiger partial charge is 0.141 e. The molecule has 0 aliphatic heterocycles. The molecule has 0 saturated heterocycles. The van der Waals surface area contributed by atoms with Crippen molar-refractivity contribution in [3.8, 4) is 0 Å². The zero-order chi connectivity index (χ0) is 13.7. The van der Waals surface area contributed by atoms with Gasteiger partial charge in [0, 0.05) is 11.3 Å². The maximum absolute atomic E-state index is 12.9. The molecule has 0 saturated carbocycles. The third-order valence-corrected chi connectivity index (χ3v) is 3.03. The van der Waals surface area contributed by atoms with E-state index < -0.39 is 0 Å². The van der Waals surface area contributed by atoms with Gasteiger partial charge < -0.3 is 10.4 Å². The Labute approximate surface area is 112 Å². The molecule has 0 spiro atoms. The molecule has 0 amide bonds. The summed E-state index contributed by atoms with van der Waals surface area (Å²) >= 11 is 0. The largest absolute Gasteiger partial charge is 0.392 e.